The molecule has 0 saturated carbocycles. The van der Waals surface area contributed by atoms with Crippen LogP contribution in [0, 0.1) is 11.8 Å². The van der Waals surface area contributed by atoms with E-state index < -0.39 is 11.9 Å². The average molecular weight is 470 g/mol. The summed E-state index contributed by atoms with van der Waals surface area (Å²) in [5, 5.41) is 14.8. The molecule has 4 aliphatic heterocycles. The van der Waals surface area contributed by atoms with Gasteiger partial charge in [0.05, 0.1) is 11.7 Å². The van der Waals surface area contributed by atoms with E-state index in [1.807, 2.05) is 0 Å². The standard InChI is InChI=1S/C20H35N3O2.2C2H4O2/c1-4-5-19(24)22-10-7-15(8-11-22)23-13-17-16(12-21(2)3)18-6-9-20(17,14-23)25-18;2*1-2(3)4/h15-18H,4-14H2,1-3H3;2*1H3,(H,3,4)/t16-,17+,18+,20+;;/m0../s1. The van der Waals surface area contributed by atoms with E-state index in [9.17, 15) is 4.79 Å². The highest BCUT2D eigenvalue weighted by Crippen LogP contribution is 2.55. The molecule has 0 radical (unpaired) electrons. The summed E-state index contributed by atoms with van der Waals surface area (Å²) in [5.74, 6) is 0.110. The lowest BCUT2D eigenvalue weighted by atomic mass is 9.73. The number of carboxylic acids is 2. The van der Waals surface area contributed by atoms with E-state index in [0.29, 0.717) is 36.3 Å². The number of fused-ring (bicyclic) bond motifs is 1. The van der Waals surface area contributed by atoms with E-state index >= 15 is 0 Å². The molecule has 4 rings (SSSR count). The lowest BCUT2D eigenvalue weighted by Gasteiger charge is -2.37. The van der Waals surface area contributed by atoms with Crippen LogP contribution < -0.4 is 0 Å². The molecule has 0 aromatic rings. The summed E-state index contributed by atoms with van der Waals surface area (Å²) in [7, 11) is 4.38. The maximum Gasteiger partial charge on any atom is 0.300 e. The van der Waals surface area contributed by atoms with E-state index in [4.69, 9.17) is 24.5 Å². The second-order valence-corrected chi connectivity index (χ2v) is 10.1. The Balaban J connectivity index is 0.000000420. The molecule has 4 heterocycles. The van der Waals surface area contributed by atoms with E-state index in [1.54, 1.807) is 0 Å². The monoisotopic (exact) mass is 469 g/mol. The van der Waals surface area contributed by atoms with Crippen molar-refractivity contribution >= 4 is 17.8 Å². The van der Waals surface area contributed by atoms with Gasteiger partial charge in [-0.05, 0) is 46.2 Å². The molecule has 4 atom stereocenters. The van der Waals surface area contributed by atoms with Crippen LogP contribution >= 0.6 is 0 Å². The number of ether oxygens (including phenoxy) is 1. The van der Waals surface area contributed by atoms with Crippen LogP contribution in [-0.4, -0.2) is 107 Å². The van der Waals surface area contributed by atoms with Gasteiger partial charge < -0.3 is 24.7 Å². The fourth-order valence-electron chi connectivity index (χ4n) is 6.02. The van der Waals surface area contributed by atoms with Gasteiger partial charge in [0.2, 0.25) is 5.91 Å². The van der Waals surface area contributed by atoms with Gasteiger partial charge in [0, 0.05) is 70.9 Å². The first-order chi connectivity index (χ1) is 15.5. The summed E-state index contributed by atoms with van der Waals surface area (Å²) in [6, 6.07) is 0.647. The third-order valence-corrected chi connectivity index (χ3v) is 7.18. The number of carboxylic acid groups (broad SMARTS) is 2. The van der Waals surface area contributed by atoms with Gasteiger partial charge in [-0.3, -0.25) is 19.3 Å². The van der Waals surface area contributed by atoms with Crippen molar-refractivity contribution < 1.29 is 29.3 Å². The number of nitrogens with zero attached hydrogens (tertiary/aromatic N) is 3. The molecule has 0 aromatic carbocycles. The van der Waals surface area contributed by atoms with Crippen LogP contribution in [-0.2, 0) is 19.1 Å². The molecule has 2 bridgehead atoms. The minimum Gasteiger partial charge on any atom is -0.481 e. The fraction of sp³-hybridized carbons (Fsp3) is 0.875. The number of aliphatic carboxylic acids is 2. The van der Waals surface area contributed by atoms with Crippen molar-refractivity contribution in [1.82, 2.24) is 14.7 Å². The van der Waals surface area contributed by atoms with Gasteiger partial charge in [-0.1, -0.05) is 6.92 Å². The van der Waals surface area contributed by atoms with E-state index in [1.165, 1.54) is 19.4 Å². The number of carbonyl (C=O) groups excluding carboxylic acids is 1. The van der Waals surface area contributed by atoms with E-state index in [2.05, 4.69) is 35.7 Å². The largest absolute Gasteiger partial charge is 0.481 e. The van der Waals surface area contributed by atoms with Crippen LogP contribution in [0.4, 0.5) is 0 Å². The third-order valence-electron chi connectivity index (χ3n) is 7.18. The molecule has 1 amide bonds. The van der Waals surface area contributed by atoms with Crippen molar-refractivity contribution in [1.29, 1.82) is 0 Å². The van der Waals surface area contributed by atoms with Crippen molar-refractivity contribution in [2.75, 3.05) is 46.8 Å². The van der Waals surface area contributed by atoms with E-state index in [0.717, 1.165) is 59.3 Å². The molecule has 0 aromatic heterocycles. The molecule has 9 nitrogen and oxygen atoms in total. The summed E-state index contributed by atoms with van der Waals surface area (Å²) in [6.07, 6.45) is 6.97. The highest BCUT2D eigenvalue weighted by atomic mass is 16.5. The quantitative estimate of drug-likeness (QED) is 0.629. The number of hydrogen-bond acceptors (Lipinski definition) is 6. The molecule has 0 unspecified atom stereocenters. The number of piperidine rings is 1. The molecule has 4 fully saturated rings. The molecular formula is C24H43N3O6. The first-order valence-corrected chi connectivity index (χ1v) is 12.2. The molecule has 4 aliphatic rings. The lowest BCUT2D eigenvalue weighted by molar-refractivity contribution is -0.135. The van der Waals surface area contributed by atoms with Gasteiger partial charge in [-0.2, -0.15) is 0 Å². The molecular weight excluding hydrogens is 426 g/mol. The highest BCUT2D eigenvalue weighted by Gasteiger charge is 2.63. The summed E-state index contributed by atoms with van der Waals surface area (Å²) >= 11 is 0. The normalized spacial score (nSPS) is 30.8. The zero-order valence-corrected chi connectivity index (χ0v) is 21.0. The maximum absolute atomic E-state index is 12.1. The smallest absolute Gasteiger partial charge is 0.300 e. The molecule has 9 heteroatoms. The fourth-order valence-corrected chi connectivity index (χ4v) is 6.02. The summed E-state index contributed by atoms with van der Waals surface area (Å²) in [5.41, 5.74) is 0.153. The molecule has 0 aliphatic carbocycles. The predicted molar refractivity (Wildman–Crippen MR) is 125 cm³/mol. The number of rotatable bonds is 5. The van der Waals surface area contributed by atoms with E-state index in [-0.39, 0.29) is 5.60 Å². The zero-order valence-electron chi connectivity index (χ0n) is 21.0. The average Bonchev–Trinajstić information content (AvgIpc) is 3.37. The zero-order chi connectivity index (χ0) is 24.8. The Bertz CT molecular complexity index is 659. The van der Waals surface area contributed by atoms with Crippen molar-refractivity contribution in [2.24, 2.45) is 11.8 Å². The van der Waals surface area contributed by atoms with Gasteiger partial charge in [0.1, 0.15) is 0 Å². The number of hydrogen-bond donors (Lipinski definition) is 2. The number of likely N-dealkylation sites (tertiary alicyclic amines) is 2. The van der Waals surface area contributed by atoms with Crippen molar-refractivity contribution in [3.05, 3.63) is 0 Å². The summed E-state index contributed by atoms with van der Waals surface area (Å²) in [4.78, 5) is 37.3. The van der Waals surface area contributed by atoms with Crippen molar-refractivity contribution in [2.45, 2.75) is 77.0 Å². The highest BCUT2D eigenvalue weighted by molar-refractivity contribution is 5.76. The Hall–Kier alpha value is -1.71. The maximum atomic E-state index is 12.1. The third kappa shape index (κ3) is 7.39. The minimum atomic E-state index is -0.833. The van der Waals surface area contributed by atoms with Gasteiger partial charge in [0.25, 0.3) is 11.9 Å². The van der Waals surface area contributed by atoms with Crippen LogP contribution in [0.3, 0.4) is 0 Å². The van der Waals surface area contributed by atoms with Gasteiger partial charge in [-0.25, -0.2) is 0 Å². The molecule has 1 spiro atoms. The predicted octanol–water partition coefficient (Wildman–Crippen LogP) is 2.00. The number of amides is 1. The Morgan fingerprint density at radius 1 is 1.06 bits per heavy atom. The molecule has 190 valence electrons. The Morgan fingerprint density at radius 3 is 2.15 bits per heavy atom. The second kappa shape index (κ2) is 12.1. The Morgan fingerprint density at radius 2 is 1.64 bits per heavy atom. The summed E-state index contributed by atoms with van der Waals surface area (Å²) in [6.45, 7) is 9.65. The first kappa shape index (κ1) is 27.5. The molecule has 4 saturated heterocycles. The van der Waals surface area contributed by atoms with Crippen LogP contribution in [0.25, 0.3) is 0 Å². The van der Waals surface area contributed by atoms with Gasteiger partial charge in [-0.15, -0.1) is 0 Å². The molecule has 2 N–H and O–H groups in total. The van der Waals surface area contributed by atoms with Crippen LogP contribution in [0.15, 0.2) is 0 Å². The lowest BCUT2D eigenvalue weighted by Crippen LogP contribution is -2.47. The van der Waals surface area contributed by atoms with Crippen LogP contribution in [0.2, 0.25) is 0 Å². The van der Waals surface area contributed by atoms with Gasteiger partial charge in [0.15, 0.2) is 0 Å². The van der Waals surface area contributed by atoms with Crippen molar-refractivity contribution in [3.8, 4) is 0 Å². The Labute approximate surface area is 198 Å². The van der Waals surface area contributed by atoms with Gasteiger partial charge >= 0.3 is 0 Å². The SMILES string of the molecule is CC(=O)O.CC(=O)O.CCCC(=O)N1CCC(N2C[C@@H]3[C@H](CN(C)C)[C@H]4CC[C@]3(C2)O4)CC1. The van der Waals surface area contributed by atoms with Crippen LogP contribution in [0.5, 0.6) is 0 Å². The second-order valence-electron chi connectivity index (χ2n) is 10.1. The topological polar surface area (TPSA) is 111 Å². The summed E-state index contributed by atoms with van der Waals surface area (Å²) < 4.78 is 6.58. The minimum absolute atomic E-state index is 0.153. The van der Waals surface area contributed by atoms with Crippen LogP contribution in [0.1, 0.15) is 59.3 Å². The Kier molecular flexibility index (Phi) is 10.1. The van der Waals surface area contributed by atoms with Crippen molar-refractivity contribution in [3.63, 3.8) is 0 Å². The molecule has 33 heavy (non-hydrogen) atoms. The number of carbonyl (C=O) groups is 3. The first-order valence-electron chi connectivity index (χ1n) is 12.2.